The van der Waals surface area contributed by atoms with Crippen molar-refractivity contribution in [3.8, 4) is 0 Å². The maximum atomic E-state index is 6.01. The van der Waals surface area contributed by atoms with Crippen molar-refractivity contribution in [3.63, 3.8) is 0 Å². The first-order valence-electron chi connectivity index (χ1n) is 7.57. The van der Waals surface area contributed by atoms with Crippen LogP contribution >= 0.6 is 22.9 Å². The van der Waals surface area contributed by atoms with Crippen molar-refractivity contribution in [1.82, 2.24) is 4.98 Å². The number of hydrogen-bond donors (Lipinski definition) is 1. The molecule has 0 unspecified atom stereocenters. The van der Waals surface area contributed by atoms with Crippen LogP contribution in [-0.4, -0.2) is 11.0 Å². The molecule has 2 nitrogen and oxygen atoms in total. The molecule has 0 saturated heterocycles. The van der Waals surface area contributed by atoms with E-state index >= 15 is 0 Å². The lowest BCUT2D eigenvalue weighted by molar-refractivity contribution is 0.319. The number of nitrogens with one attached hydrogen (secondary N) is 1. The van der Waals surface area contributed by atoms with Gasteiger partial charge in [0, 0.05) is 11.1 Å². The summed E-state index contributed by atoms with van der Waals surface area (Å²) in [6.45, 7) is 2.29. The van der Waals surface area contributed by atoms with Crippen molar-refractivity contribution < 1.29 is 0 Å². The molecule has 3 rings (SSSR count). The zero-order valence-corrected chi connectivity index (χ0v) is 13.4. The van der Waals surface area contributed by atoms with Crippen LogP contribution in [0.15, 0.2) is 18.2 Å². The van der Waals surface area contributed by atoms with E-state index in [0.29, 0.717) is 6.04 Å². The van der Waals surface area contributed by atoms with Crippen LogP contribution in [-0.2, 0) is 0 Å². The number of anilines is 1. The highest BCUT2D eigenvalue weighted by molar-refractivity contribution is 7.22. The molecule has 0 bridgehead atoms. The number of benzene rings is 1. The van der Waals surface area contributed by atoms with Crippen LogP contribution in [0.4, 0.5) is 5.13 Å². The topological polar surface area (TPSA) is 24.9 Å². The van der Waals surface area contributed by atoms with Crippen LogP contribution < -0.4 is 5.32 Å². The zero-order valence-electron chi connectivity index (χ0n) is 11.9. The number of thiazole rings is 1. The summed E-state index contributed by atoms with van der Waals surface area (Å²) in [5.74, 6) is 0.951. The van der Waals surface area contributed by atoms with Gasteiger partial charge in [0.15, 0.2) is 5.13 Å². The van der Waals surface area contributed by atoms with Crippen LogP contribution in [0.25, 0.3) is 10.2 Å². The molecule has 2 aromatic rings. The van der Waals surface area contributed by atoms with E-state index in [1.54, 1.807) is 11.3 Å². The standard InChI is InChI=1S/C16H21ClN2S/c1-2-3-11-4-7-13(8-5-11)18-16-19-14-10-12(17)6-9-15(14)20-16/h6,9-11,13H,2-5,7-8H2,1H3,(H,18,19). The van der Waals surface area contributed by atoms with Gasteiger partial charge in [0.2, 0.25) is 0 Å². The normalized spacial score (nSPS) is 23.1. The predicted molar refractivity (Wildman–Crippen MR) is 88.9 cm³/mol. The van der Waals surface area contributed by atoms with Gasteiger partial charge >= 0.3 is 0 Å². The summed E-state index contributed by atoms with van der Waals surface area (Å²) in [5, 5.41) is 5.42. The van der Waals surface area contributed by atoms with Crippen LogP contribution in [0.5, 0.6) is 0 Å². The Balaban J connectivity index is 1.62. The van der Waals surface area contributed by atoms with E-state index < -0.39 is 0 Å². The average molecular weight is 309 g/mol. The number of rotatable bonds is 4. The van der Waals surface area contributed by atoms with Crippen molar-refractivity contribution in [3.05, 3.63) is 23.2 Å². The fourth-order valence-corrected chi connectivity index (χ4v) is 4.23. The first-order chi connectivity index (χ1) is 9.74. The molecule has 1 heterocycles. The molecule has 1 fully saturated rings. The molecule has 1 saturated carbocycles. The van der Waals surface area contributed by atoms with E-state index in [1.165, 1.54) is 43.2 Å². The smallest absolute Gasteiger partial charge is 0.184 e. The molecule has 0 amide bonds. The van der Waals surface area contributed by atoms with Gasteiger partial charge < -0.3 is 5.32 Å². The van der Waals surface area contributed by atoms with Crippen LogP contribution in [0.3, 0.4) is 0 Å². The van der Waals surface area contributed by atoms with E-state index in [0.717, 1.165) is 21.6 Å². The second-order valence-corrected chi connectivity index (χ2v) is 7.25. The lowest BCUT2D eigenvalue weighted by Crippen LogP contribution is -2.25. The largest absolute Gasteiger partial charge is 0.359 e. The summed E-state index contributed by atoms with van der Waals surface area (Å²) in [7, 11) is 0. The molecule has 0 atom stereocenters. The van der Waals surface area contributed by atoms with Crippen LogP contribution in [0, 0.1) is 5.92 Å². The Bertz CT molecular complexity index is 573. The molecule has 1 aromatic heterocycles. The SMILES string of the molecule is CCCC1CCC(Nc2nc3cc(Cl)ccc3s2)CC1. The fraction of sp³-hybridized carbons (Fsp3) is 0.562. The summed E-state index contributed by atoms with van der Waals surface area (Å²) in [6.07, 6.45) is 8.00. The third-order valence-corrected chi connectivity index (χ3v) is 5.42. The predicted octanol–water partition coefficient (Wildman–Crippen LogP) is 5.72. The quantitative estimate of drug-likeness (QED) is 0.781. The molecule has 1 aliphatic rings. The highest BCUT2D eigenvalue weighted by Crippen LogP contribution is 2.32. The molecular formula is C16H21ClN2S. The van der Waals surface area contributed by atoms with Gasteiger partial charge in [-0.05, 0) is 49.8 Å². The molecule has 0 spiro atoms. The maximum Gasteiger partial charge on any atom is 0.184 e. The van der Waals surface area contributed by atoms with E-state index in [-0.39, 0.29) is 0 Å². The minimum atomic E-state index is 0.596. The molecule has 1 N–H and O–H groups in total. The summed E-state index contributed by atoms with van der Waals surface area (Å²) < 4.78 is 1.21. The Morgan fingerprint density at radius 1 is 1.30 bits per heavy atom. The summed E-state index contributed by atoms with van der Waals surface area (Å²) in [6, 6.07) is 6.52. The third-order valence-electron chi connectivity index (χ3n) is 4.22. The first-order valence-corrected chi connectivity index (χ1v) is 8.76. The Morgan fingerprint density at radius 3 is 2.85 bits per heavy atom. The van der Waals surface area contributed by atoms with Crippen molar-refractivity contribution in [2.24, 2.45) is 5.92 Å². The number of nitrogens with zero attached hydrogens (tertiary/aromatic N) is 1. The number of hydrogen-bond acceptors (Lipinski definition) is 3. The van der Waals surface area contributed by atoms with Crippen LogP contribution in [0.1, 0.15) is 45.4 Å². The van der Waals surface area contributed by atoms with Gasteiger partial charge in [-0.2, -0.15) is 0 Å². The average Bonchev–Trinajstić information content (AvgIpc) is 2.82. The molecular weight excluding hydrogens is 288 g/mol. The summed E-state index contributed by atoms with van der Waals surface area (Å²) >= 11 is 7.74. The third kappa shape index (κ3) is 3.26. The molecule has 108 valence electrons. The van der Waals surface area contributed by atoms with Gasteiger partial charge in [-0.3, -0.25) is 0 Å². The number of fused-ring (bicyclic) bond motifs is 1. The molecule has 4 heteroatoms. The van der Waals surface area contributed by atoms with Gasteiger partial charge in [-0.15, -0.1) is 0 Å². The molecule has 20 heavy (non-hydrogen) atoms. The molecule has 0 radical (unpaired) electrons. The monoisotopic (exact) mass is 308 g/mol. The highest BCUT2D eigenvalue weighted by atomic mass is 35.5. The van der Waals surface area contributed by atoms with Gasteiger partial charge in [0.25, 0.3) is 0 Å². The van der Waals surface area contributed by atoms with Gasteiger partial charge in [0.1, 0.15) is 0 Å². The Labute approximate surface area is 129 Å². The van der Waals surface area contributed by atoms with E-state index in [9.17, 15) is 0 Å². The Kier molecular flexibility index (Phi) is 4.47. The van der Waals surface area contributed by atoms with Crippen molar-refractivity contribution in [2.75, 3.05) is 5.32 Å². The van der Waals surface area contributed by atoms with Gasteiger partial charge in [0.05, 0.1) is 10.2 Å². The summed E-state index contributed by atoms with van der Waals surface area (Å²) in [5.41, 5.74) is 1.00. The minimum Gasteiger partial charge on any atom is -0.359 e. The molecule has 1 aromatic carbocycles. The lowest BCUT2D eigenvalue weighted by Gasteiger charge is -2.28. The first kappa shape index (κ1) is 14.2. The number of aromatic nitrogens is 1. The van der Waals surface area contributed by atoms with E-state index in [1.807, 2.05) is 12.1 Å². The van der Waals surface area contributed by atoms with Crippen molar-refractivity contribution >= 4 is 38.3 Å². The Morgan fingerprint density at radius 2 is 2.10 bits per heavy atom. The number of halogens is 1. The molecule has 0 aliphatic heterocycles. The zero-order chi connectivity index (χ0) is 13.9. The highest BCUT2D eigenvalue weighted by Gasteiger charge is 2.21. The lowest BCUT2D eigenvalue weighted by atomic mass is 9.83. The van der Waals surface area contributed by atoms with E-state index in [2.05, 4.69) is 23.3 Å². The minimum absolute atomic E-state index is 0.596. The van der Waals surface area contributed by atoms with E-state index in [4.69, 9.17) is 11.6 Å². The Hall–Kier alpha value is -0.800. The van der Waals surface area contributed by atoms with Crippen molar-refractivity contribution in [2.45, 2.75) is 51.5 Å². The van der Waals surface area contributed by atoms with Crippen molar-refractivity contribution in [1.29, 1.82) is 0 Å². The summed E-state index contributed by atoms with van der Waals surface area (Å²) in [4.78, 5) is 4.65. The van der Waals surface area contributed by atoms with Crippen LogP contribution in [0.2, 0.25) is 5.02 Å². The molecule has 1 aliphatic carbocycles. The second kappa shape index (κ2) is 6.31. The second-order valence-electron chi connectivity index (χ2n) is 5.78. The van der Waals surface area contributed by atoms with Gasteiger partial charge in [-0.1, -0.05) is 42.7 Å². The van der Waals surface area contributed by atoms with Gasteiger partial charge in [-0.25, -0.2) is 4.98 Å². The fourth-order valence-electron chi connectivity index (χ4n) is 3.14. The maximum absolute atomic E-state index is 6.01.